The van der Waals surface area contributed by atoms with Gasteiger partial charge >= 0.3 is 0 Å². The molecule has 2 rings (SSSR count). The van der Waals surface area contributed by atoms with E-state index in [9.17, 15) is 4.79 Å². The molecule has 0 aromatic heterocycles. The molecule has 0 aliphatic rings. The molecule has 4 heteroatoms. The zero-order valence-corrected chi connectivity index (χ0v) is 17.3. The van der Waals surface area contributed by atoms with E-state index in [1.165, 1.54) is 32.1 Å². The molecule has 0 radical (unpaired) electrons. The normalized spacial score (nSPS) is 10.6. The van der Waals surface area contributed by atoms with E-state index in [2.05, 4.69) is 28.2 Å². The van der Waals surface area contributed by atoms with Gasteiger partial charge in [0.1, 0.15) is 5.75 Å². The van der Waals surface area contributed by atoms with Gasteiger partial charge in [-0.2, -0.15) is 0 Å². The lowest BCUT2D eigenvalue weighted by Crippen LogP contribution is -2.12. The second-order valence-corrected chi connectivity index (χ2v) is 7.47. The van der Waals surface area contributed by atoms with Crippen LogP contribution in [0.4, 0.5) is 5.69 Å². The summed E-state index contributed by atoms with van der Waals surface area (Å²) in [4.78, 5) is 12.4. The molecule has 0 fully saturated rings. The number of anilines is 1. The Labute approximate surface area is 165 Å². The van der Waals surface area contributed by atoms with E-state index in [0.29, 0.717) is 5.56 Å². The molecule has 2 aromatic rings. The predicted molar refractivity (Wildman–Crippen MR) is 112 cm³/mol. The fourth-order valence-corrected chi connectivity index (χ4v) is 3.21. The molecule has 1 N–H and O–H groups in total. The number of unbranched alkanes of at least 4 members (excludes halogenated alkanes) is 5. The van der Waals surface area contributed by atoms with Crippen molar-refractivity contribution in [2.45, 2.75) is 52.4 Å². The largest absolute Gasteiger partial charge is 0.494 e. The van der Waals surface area contributed by atoms with Gasteiger partial charge in [0.05, 0.1) is 6.61 Å². The number of aryl methyl sites for hydroxylation is 1. The predicted octanol–water partition coefficient (Wildman–Crippen LogP) is 6.75. The first-order valence-corrected chi connectivity index (χ1v) is 10.2. The molecule has 0 aliphatic carbocycles. The third-order valence-corrected chi connectivity index (χ3v) is 4.81. The summed E-state index contributed by atoms with van der Waals surface area (Å²) in [7, 11) is 0. The van der Waals surface area contributed by atoms with Crippen LogP contribution in [-0.2, 0) is 0 Å². The molecule has 0 bridgehead atoms. The van der Waals surface area contributed by atoms with Gasteiger partial charge in [-0.1, -0.05) is 55.0 Å². The average molecular weight is 418 g/mol. The first-order valence-electron chi connectivity index (χ1n) is 9.40. The second kappa shape index (κ2) is 11.0. The van der Waals surface area contributed by atoms with Crippen LogP contribution in [0.1, 0.15) is 61.4 Å². The van der Waals surface area contributed by atoms with Crippen molar-refractivity contribution in [3.05, 3.63) is 58.1 Å². The number of rotatable bonds is 10. The maximum atomic E-state index is 12.4. The molecule has 0 saturated heterocycles. The third-order valence-electron chi connectivity index (χ3n) is 4.32. The molecular weight excluding hydrogens is 390 g/mol. The van der Waals surface area contributed by atoms with Gasteiger partial charge in [0.2, 0.25) is 0 Å². The van der Waals surface area contributed by atoms with Crippen molar-refractivity contribution in [1.29, 1.82) is 0 Å². The summed E-state index contributed by atoms with van der Waals surface area (Å²) in [6.07, 6.45) is 7.49. The Hall–Kier alpha value is -1.81. The van der Waals surface area contributed by atoms with Gasteiger partial charge in [-0.05, 0) is 61.4 Å². The number of amides is 1. The fraction of sp³-hybridized carbons (Fsp3) is 0.409. The van der Waals surface area contributed by atoms with E-state index in [-0.39, 0.29) is 5.91 Å². The fourth-order valence-electron chi connectivity index (χ4n) is 2.74. The summed E-state index contributed by atoms with van der Waals surface area (Å²) in [5, 5.41) is 2.95. The van der Waals surface area contributed by atoms with Crippen LogP contribution in [0.15, 0.2) is 46.9 Å². The highest BCUT2D eigenvalue weighted by Gasteiger charge is 2.08. The molecule has 0 atom stereocenters. The van der Waals surface area contributed by atoms with Crippen molar-refractivity contribution in [3.63, 3.8) is 0 Å². The minimum Gasteiger partial charge on any atom is -0.494 e. The van der Waals surface area contributed by atoms with Crippen molar-refractivity contribution in [1.82, 2.24) is 0 Å². The highest BCUT2D eigenvalue weighted by atomic mass is 79.9. The van der Waals surface area contributed by atoms with Gasteiger partial charge in [-0.3, -0.25) is 4.79 Å². The second-order valence-electron chi connectivity index (χ2n) is 6.55. The first-order chi connectivity index (χ1) is 12.6. The minimum absolute atomic E-state index is 0.113. The third kappa shape index (κ3) is 6.83. The Morgan fingerprint density at radius 1 is 1.00 bits per heavy atom. The molecule has 2 aromatic carbocycles. The molecule has 0 unspecified atom stereocenters. The standard InChI is InChI=1S/C22H28BrNO2/c1-3-4-5-6-7-8-15-26-20-12-9-18(10-13-20)22(25)24-21-14-11-19(23)16-17(21)2/h9-14,16H,3-8,15H2,1-2H3,(H,24,25). The summed E-state index contributed by atoms with van der Waals surface area (Å²) in [6.45, 7) is 4.93. The van der Waals surface area contributed by atoms with Crippen LogP contribution in [0.3, 0.4) is 0 Å². The Morgan fingerprint density at radius 3 is 2.38 bits per heavy atom. The number of nitrogens with one attached hydrogen (secondary N) is 1. The number of carbonyl (C=O) groups is 1. The van der Waals surface area contributed by atoms with E-state index in [4.69, 9.17) is 4.74 Å². The summed E-state index contributed by atoms with van der Waals surface area (Å²) in [6, 6.07) is 13.1. The molecule has 0 spiro atoms. The molecular formula is C22H28BrNO2. The van der Waals surface area contributed by atoms with E-state index >= 15 is 0 Å². The summed E-state index contributed by atoms with van der Waals surface area (Å²) in [5.41, 5.74) is 2.47. The van der Waals surface area contributed by atoms with Crippen molar-refractivity contribution >= 4 is 27.5 Å². The molecule has 26 heavy (non-hydrogen) atoms. The Balaban J connectivity index is 1.78. The van der Waals surface area contributed by atoms with Crippen molar-refractivity contribution in [2.75, 3.05) is 11.9 Å². The van der Waals surface area contributed by atoms with Gasteiger partial charge in [0.25, 0.3) is 5.91 Å². The Bertz CT molecular complexity index is 698. The van der Waals surface area contributed by atoms with Crippen LogP contribution >= 0.6 is 15.9 Å². The lowest BCUT2D eigenvalue weighted by molar-refractivity contribution is 0.102. The molecule has 0 heterocycles. The quantitative estimate of drug-likeness (QED) is 0.434. The molecule has 0 saturated carbocycles. The summed E-state index contributed by atoms with van der Waals surface area (Å²) < 4.78 is 6.76. The molecule has 1 amide bonds. The number of halogens is 1. The summed E-state index contributed by atoms with van der Waals surface area (Å²) >= 11 is 3.43. The van der Waals surface area contributed by atoms with E-state index in [1.54, 1.807) is 12.1 Å². The average Bonchev–Trinajstić information content (AvgIpc) is 2.64. The van der Waals surface area contributed by atoms with Crippen LogP contribution in [0, 0.1) is 6.92 Å². The first kappa shape index (κ1) is 20.5. The van der Waals surface area contributed by atoms with E-state index < -0.39 is 0 Å². The molecule has 3 nitrogen and oxygen atoms in total. The van der Waals surface area contributed by atoms with Crippen LogP contribution in [-0.4, -0.2) is 12.5 Å². The van der Waals surface area contributed by atoms with Gasteiger partial charge in [0.15, 0.2) is 0 Å². The highest BCUT2D eigenvalue weighted by Crippen LogP contribution is 2.21. The minimum atomic E-state index is -0.113. The number of benzene rings is 2. The van der Waals surface area contributed by atoms with Gasteiger partial charge in [0, 0.05) is 15.7 Å². The van der Waals surface area contributed by atoms with E-state index in [1.807, 2.05) is 37.3 Å². The topological polar surface area (TPSA) is 38.3 Å². The molecule has 0 aliphatic heterocycles. The van der Waals surface area contributed by atoms with Crippen LogP contribution < -0.4 is 10.1 Å². The Kier molecular flexibility index (Phi) is 8.69. The van der Waals surface area contributed by atoms with Crippen molar-refractivity contribution in [3.8, 4) is 5.75 Å². The SMILES string of the molecule is CCCCCCCCOc1ccc(C(=O)Nc2ccc(Br)cc2C)cc1. The maximum absolute atomic E-state index is 12.4. The summed E-state index contributed by atoms with van der Waals surface area (Å²) in [5.74, 6) is 0.702. The monoisotopic (exact) mass is 417 g/mol. The van der Waals surface area contributed by atoms with Gasteiger partial charge in [-0.15, -0.1) is 0 Å². The van der Waals surface area contributed by atoms with Crippen LogP contribution in [0.25, 0.3) is 0 Å². The van der Waals surface area contributed by atoms with Gasteiger partial charge < -0.3 is 10.1 Å². The van der Waals surface area contributed by atoms with Gasteiger partial charge in [-0.25, -0.2) is 0 Å². The van der Waals surface area contributed by atoms with Crippen LogP contribution in [0.5, 0.6) is 5.75 Å². The van der Waals surface area contributed by atoms with E-state index in [0.717, 1.165) is 34.5 Å². The van der Waals surface area contributed by atoms with Crippen LogP contribution in [0.2, 0.25) is 0 Å². The lowest BCUT2D eigenvalue weighted by Gasteiger charge is -2.10. The highest BCUT2D eigenvalue weighted by molar-refractivity contribution is 9.10. The number of carbonyl (C=O) groups excluding carboxylic acids is 1. The number of hydrogen-bond donors (Lipinski definition) is 1. The van der Waals surface area contributed by atoms with Crippen molar-refractivity contribution < 1.29 is 9.53 Å². The lowest BCUT2D eigenvalue weighted by atomic mass is 10.1. The smallest absolute Gasteiger partial charge is 0.255 e. The zero-order chi connectivity index (χ0) is 18.8. The van der Waals surface area contributed by atoms with Crippen molar-refractivity contribution in [2.24, 2.45) is 0 Å². The Morgan fingerprint density at radius 2 is 1.69 bits per heavy atom. The maximum Gasteiger partial charge on any atom is 0.255 e. The zero-order valence-electron chi connectivity index (χ0n) is 15.7. The molecule has 140 valence electrons. The number of hydrogen-bond acceptors (Lipinski definition) is 2. The number of ether oxygens (including phenoxy) is 1.